The maximum absolute atomic E-state index is 12.2. The molecule has 0 aromatic heterocycles. The Morgan fingerprint density at radius 2 is 1.52 bits per heavy atom. The highest BCUT2D eigenvalue weighted by Gasteiger charge is 2.30. The van der Waals surface area contributed by atoms with Crippen LogP contribution in [0, 0.1) is 5.92 Å². The van der Waals surface area contributed by atoms with Crippen molar-refractivity contribution >= 4 is 30.7 Å². The summed E-state index contributed by atoms with van der Waals surface area (Å²) in [6.45, 7) is 8.32. The first-order valence-electron chi connectivity index (χ1n) is 7.88. The molecule has 2 heterocycles. The first-order chi connectivity index (χ1) is 9.09. The van der Waals surface area contributed by atoms with Crippen molar-refractivity contribution in [2.24, 2.45) is 11.7 Å². The highest BCUT2D eigenvalue weighted by atomic mass is 35.5. The molecule has 0 spiro atoms. The number of carbonyl (C=O) groups is 1. The Bertz CT molecular complexity index is 301. The molecule has 4 nitrogen and oxygen atoms in total. The third kappa shape index (κ3) is 5.59. The second-order valence-electron chi connectivity index (χ2n) is 6.42. The Kier molecular flexibility index (Phi) is 9.87. The van der Waals surface area contributed by atoms with E-state index >= 15 is 0 Å². The Morgan fingerprint density at radius 3 is 2.00 bits per heavy atom. The van der Waals surface area contributed by atoms with Gasteiger partial charge in [-0.3, -0.25) is 4.79 Å². The zero-order chi connectivity index (χ0) is 13.8. The highest BCUT2D eigenvalue weighted by Crippen LogP contribution is 2.21. The Labute approximate surface area is 141 Å². The minimum atomic E-state index is -0.327. The molecule has 1 atom stereocenters. The van der Waals surface area contributed by atoms with Crippen LogP contribution in [0.3, 0.4) is 0 Å². The molecule has 0 bridgehead atoms. The fourth-order valence-electron chi connectivity index (χ4n) is 3.23. The summed E-state index contributed by atoms with van der Waals surface area (Å²) in [7, 11) is 0. The molecule has 1 amide bonds. The maximum atomic E-state index is 12.2. The van der Waals surface area contributed by atoms with E-state index in [0.29, 0.717) is 6.04 Å². The van der Waals surface area contributed by atoms with E-state index in [9.17, 15) is 4.79 Å². The molecule has 2 fully saturated rings. The number of nitrogens with two attached hydrogens (primary N) is 1. The molecule has 0 aromatic rings. The van der Waals surface area contributed by atoms with E-state index in [1.54, 1.807) is 0 Å². The van der Waals surface area contributed by atoms with E-state index in [-0.39, 0.29) is 42.7 Å². The van der Waals surface area contributed by atoms with Crippen molar-refractivity contribution in [1.82, 2.24) is 9.80 Å². The van der Waals surface area contributed by atoms with Crippen LogP contribution in [-0.4, -0.2) is 54.0 Å². The van der Waals surface area contributed by atoms with Gasteiger partial charge in [0.05, 0.1) is 6.04 Å². The number of hydrogen-bond donors (Lipinski definition) is 1. The summed E-state index contributed by atoms with van der Waals surface area (Å²) in [6.07, 6.45) is 6.32. The summed E-state index contributed by atoms with van der Waals surface area (Å²) >= 11 is 0. The minimum Gasteiger partial charge on any atom is -0.341 e. The average Bonchev–Trinajstić information content (AvgIpc) is 2.46. The lowest BCUT2D eigenvalue weighted by Crippen LogP contribution is -2.52. The van der Waals surface area contributed by atoms with Gasteiger partial charge in [-0.1, -0.05) is 20.3 Å². The average molecular weight is 340 g/mol. The van der Waals surface area contributed by atoms with E-state index in [0.717, 1.165) is 25.9 Å². The normalized spacial score (nSPS) is 22.4. The zero-order valence-corrected chi connectivity index (χ0v) is 14.9. The number of piperidine rings is 2. The summed E-state index contributed by atoms with van der Waals surface area (Å²) in [4.78, 5) is 16.8. The number of halogens is 2. The first kappa shape index (κ1) is 21.0. The zero-order valence-electron chi connectivity index (χ0n) is 13.3. The fourth-order valence-corrected chi connectivity index (χ4v) is 3.23. The Morgan fingerprint density at radius 1 is 1.00 bits per heavy atom. The topological polar surface area (TPSA) is 49.6 Å². The molecule has 2 aliphatic rings. The molecule has 2 aliphatic heterocycles. The van der Waals surface area contributed by atoms with E-state index in [4.69, 9.17) is 5.73 Å². The highest BCUT2D eigenvalue weighted by molar-refractivity contribution is 5.85. The largest absolute Gasteiger partial charge is 0.341 e. The molecular formula is C15H31Cl2N3O. The summed E-state index contributed by atoms with van der Waals surface area (Å²) < 4.78 is 0. The van der Waals surface area contributed by atoms with Gasteiger partial charge in [0.25, 0.3) is 0 Å². The number of nitrogens with zero attached hydrogens (tertiary/aromatic N) is 2. The number of rotatable bonds is 3. The van der Waals surface area contributed by atoms with Gasteiger partial charge in [-0.15, -0.1) is 24.8 Å². The van der Waals surface area contributed by atoms with Crippen LogP contribution in [-0.2, 0) is 4.79 Å². The van der Waals surface area contributed by atoms with E-state index in [1.165, 1.54) is 32.4 Å². The number of hydrogen-bond acceptors (Lipinski definition) is 3. The predicted molar refractivity (Wildman–Crippen MR) is 92.3 cm³/mol. The van der Waals surface area contributed by atoms with Crippen LogP contribution in [0.2, 0.25) is 0 Å². The molecule has 0 aromatic carbocycles. The molecule has 2 N–H and O–H groups in total. The van der Waals surface area contributed by atoms with Crippen LogP contribution in [0.25, 0.3) is 0 Å². The number of likely N-dealkylation sites (tertiary alicyclic amines) is 2. The molecule has 0 radical (unpaired) electrons. The van der Waals surface area contributed by atoms with Gasteiger partial charge in [-0.2, -0.15) is 0 Å². The smallest absolute Gasteiger partial charge is 0.239 e. The third-order valence-corrected chi connectivity index (χ3v) is 4.69. The molecular weight excluding hydrogens is 309 g/mol. The molecule has 0 aliphatic carbocycles. The molecule has 1 unspecified atom stereocenters. The quantitative estimate of drug-likeness (QED) is 0.858. The molecule has 0 saturated carbocycles. The maximum Gasteiger partial charge on any atom is 0.239 e. The Balaban J connectivity index is 0.00000200. The lowest BCUT2D eigenvalue weighted by atomic mass is 9.98. The van der Waals surface area contributed by atoms with Gasteiger partial charge in [0.1, 0.15) is 0 Å². The van der Waals surface area contributed by atoms with Gasteiger partial charge >= 0.3 is 0 Å². The van der Waals surface area contributed by atoms with Gasteiger partial charge < -0.3 is 15.5 Å². The predicted octanol–water partition coefficient (Wildman–Crippen LogP) is 2.29. The van der Waals surface area contributed by atoms with Crippen molar-refractivity contribution in [3.05, 3.63) is 0 Å². The van der Waals surface area contributed by atoms with Crippen LogP contribution in [0.15, 0.2) is 0 Å². The molecule has 126 valence electrons. The molecule has 6 heteroatoms. The summed E-state index contributed by atoms with van der Waals surface area (Å²) in [6, 6.07) is 0.367. The molecule has 2 rings (SSSR count). The first-order valence-corrected chi connectivity index (χ1v) is 7.88. The van der Waals surface area contributed by atoms with Crippen molar-refractivity contribution in [1.29, 1.82) is 0 Å². The number of carbonyl (C=O) groups excluding carboxylic acids is 1. The van der Waals surface area contributed by atoms with Crippen LogP contribution >= 0.6 is 24.8 Å². The van der Waals surface area contributed by atoms with Crippen molar-refractivity contribution < 1.29 is 4.79 Å². The van der Waals surface area contributed by atoms with E-state index < -0.39 is 0 Å². The van der Waals surface area contributed by atoms with Crippen molar-refractivity contribution in [3.63, 3.8) is 0 Å². The SMILES string of the molecule is CC(C)C(N)C(=O)N1CCC(N2CCCCC2)CC1.Cl.Cl. The minimum absolute atomic E-state index is 0. The van der Waals surface area contributed by atoms with Crippen LogP contribution in [0.5, 0.6) is 0 Å². The molecule has 2 saturated heterocycles. The van der Waals surface area contributed by atoms with Crippen LogP contribution in [0.1, 0.15) is 46.0 Å². The number of amides is 1. The van der Waals surface area contributed by atoms with Crippen molar-refractivity contribution in [2.45, 2.75) is 58.0 Å². The fraction of sp³-hybridized carbons (Fsp3) is 0.933. The molecule has 21 heavy (non-hydrogen) atoms. The second kappa shape index (κ2) is 9.88. The lowest BCUT2D eigenvalue weighted by Gasteiger charge is -2.41. The summed E-state index contributed by atoms with van der Waals surface area (Å²) in [5.74, 6) is 0.374. The van der Waals surface area contributed by atoms with E-state index in [1.807, 2.05) is 18.7 Å². The lowest BCUT2D eigenvalue weighted by molar-refractivity contribution is -0.135. The second-order valence-corrected chi connectivity index (χ2v) is 6.42. The van der Waals surface area contributed by atoms with Gasteiger partial charge in [0.2, 0.25) is 5.91 Å². The monoisotopic (exact) mass is 339 g/mol. The van der Waals surface area contributed by atoms with Crippen LogP contribution < -0.4 is 5.73 Å². The van der Waals surface area contributed by atoms with E-state index in [2.05, 4.69) is 4.90 Å². The third-order valence-electron chi connectivity index (χ3n) is 4.69. The van der Waals surface area contributed by atoms with Crippen molar-refractivity contribution in [2.75, 3.05) is 26.2 Å². The summed E-state index contributed by atoms with van der Waals surface area (Å²) in [5.41, 5.74) is 5.97. The van der Waals surface area contributed by atoms with Gasteiger partial charge in [0, 0.05) is 19.1 Å². The van der Waals surface area contributed by atoms with Crippen LogP contribution in [0.4, 0.5) is 0 Å². The Hall–Kier alpha value is -0.0300. The standard InChI is InChI=1S/C15H29N3O.2ClH/c1-12(2)14(16)15(19)18-10-6-13(7-11-18)17-8-4-3-5-9-17;;/h12-14H,3-11,16H2,1-2H3;2*1H. The van der Waals surface area contributed by atoms with Gasteiger partial charge in [-0.25, -0.2) is 0 Å². The van der Waals surface area contributed by atoms with Gasteiger partial charge in [-0.05, 0) is 44.7 Å². The van der Waals surface area contributed by atoms with Crippen molar-refractivity contribution in [3.8, 4) is 0 Å². The van der Waals surface area contributed by atoms with Gasteiger partial charge in [0.15, 0.2) is 0 Å². The summed E-state index contributed by atoms with van der Waals surface area (Å²) in [5, 5.41) is 0.